The van der Waals surface area contributed by atoms with E-state index in [-0.39, 0.29) is 12.0 Å². The van der Waals surface area contributed by atoms with Gasteiger partial charge in [-0.15, -0.1) is 0 Å². The van der Waals surface area contributed by atoms with E-state index in [4.69, 9.17) is 18.9 Å². The van der Waals surface area contributed by atoms with Crippen LogP contribution < -0.4 is 5.32 Å². The van der Waals surface area contributed by atoms with Crippen LogP contribution in [0.1, 0.15) is 114 Å². The topological polar surface area (TPSA) is 66.0 Å². The molecule has 2 aromatic rings. The molecule has 1 aliphatic rings. The molecule has 0 saturated heterocycles. The largest absolute Gasteiger partial charge is 0.449 e. The van der Waals surface area contributed by atoms with Crippen LogP contribution in [-0.2, 0) is 18.9 Å². The minimum atomic E-state index is -0.385. The maximum absolute atomic E-state index is 12.2. The zero-order valence-electron chi connectivity index (χ0n) is 26.8. The van der Waals surface area contributed by atoms with Gasteiger partial charge in [0.05, 0.1) is 26.4 Å². The first-order valence-corrected chi connectivity index (χ1v) is 17.1. The summed E-state index contributed by atoms with van der Waals surface area (Å²) in [7, 11) is 0. The van der Waals surface area contributed by atoms with E-state index in [9.17, 15) is 4.79 Å². The van der Waals surface area contributed by atoms with Crippen molar-refractivity contribution in [1.82, 2.24) is 5.32 Å². The number of alkyl carbamates (subject to hydrolysis) is 1. The number of hydrogen-bond acceptors (Lipinski definition) is 5. The number of fused-ring (bicyclic) bond motifs is 3. The van der Waals surface area contributed by atoms with Gasteiger partial charge in [0, 0.05) is 25.7 Å². The van der Waals surface area contributed by atoms with Crippen molar-refractivity contribution in [3.63, 3.8) is 0 Å². The molecule has 240 valence electrons. The van der Waals surface area contributed by atoms with Crippen molar-refractivity contribution in [2.45, 2.75) is 103 Å². The van der Waals surface area contributed by atoms with Gasteiger partial charge in [-0.3, -0.25) is 0 Å². The maximum atomic E-state index is 12.2. The van der Waals surface area contributed by atoms with E-state index in [0.717, 1.165) is 19.4 Å². The summed E-state index contributed by atoms with van der Waals surface area (Å²) in [5.74, 6) is 0.0751. The molecular weight excluding hydrogens is 538 g/mol. The number of unbranched alkanes of at least 4 members (excludes halogenated alkanes) is 12. The van der Waals surface area contributed by atoms with Crippen molar-refractivity contribution in [2.75, 3.05) is 52.8 Å². The van der Waals surface area contributed by atoms with Gasteiger partial charge in [0.15, 0.2) is 0 Å². The van der Waals surface area contributed by atoms with Gasteiger partial charge in [-0.1, -0.05) is 133 Å². The summed E-state index contributed by atoms with van der Waals surface area (Å²) in [5.41, 5.74) is 4.89. The molecule has 0 radical (unpaired) electrons. The lowest BCUT2D eigenvalue weighted by molar-refractivity contribution is 0.0135. The van der Waals surface area contributed by atoms with Crippen LogP contribution in [0.5, 0.6) is 0 Å². The molecule has 0 aromatic heterocycles. The molecule has 1 aliphatic carbocycles. The first-order chi connectivity index (χ1) is 21.3. The number of benzene rings is 2. The Kier molecular flexibility index (Phi) is 18.8. The van der Waals surface area contributed by atoms with Crippen molar-refractivity contribution in [2.24, 2.45) is 0 Å². The van der Waals surface area contributed by atoms with Gasteiger partial charge in [0.25, 0.3) is 0 Å². The fraction of sp³-hybridized carbons (Fsp3) is 0.649. The summed E-state index contributed by atoms with van der Waals surface area (Å²) in [6, 6.07) is 16.7. The van der Waals surface area contributed by atoms with Crippen molar-refractivity contribution in [3.8, 4) is 11.1 Å². The third-order valence-corrected chi connectivity index (χ3v) is 8.21. The summed E-state index contributed by atoms with van der Waals surface area (Å²) in [4.78, 5) is 12.2. The van der Waals surface area contributed by atoms with E-state index in [1.54, 1.807) is 0 Å². The summed E-state index contributed by atoms with van der Waals surface area (Å²) in [6.45, 7) is 6.87. The predicted octanol–water partition coefficient (Wildman–Crippen LogP) is 9.06. The minimum Gasteiger partial charge on any atom is -0.449 e. The molecule has 1 N–H and O–H groups in total. The Hall–Kier alpha value is -2.41. The SMILES string of the molecule is CCCCCCCCCCCCCCCOCCOCCOCCCNC(=O)OCC1c2ccccc2-c2ccccc21. The molecule has 2 aromatic carbocycles. The van der Waals surface area contributed by atoms with Crippen molar-refractivity contribution >= 4 is 6.09 Å². The first kappa shape index (κ1) is 35.1. The van der Waals surface area contributed by atoms with Gasteiger partial charge in [0.2, 0.25) is 0 Å². The summed E-state index contributed by atoms with van der Waals surface area (Å²) < 4.78 is 22.5. The van der Waals surface area contributed by atoms with Crippen molar-refractivity contribution in [1.29, 1.82) is 0 Å². The Bertz CT molecular complexity index is 951. The second kappa shape index (κ2) is 23.0. The maximum Gasteiger partial charge on any atom is 0.407 e. The smallest absolute Gasteiger partial charge is 0.407 e. The van der Waals surface area contributed by atoms with Crippen LogP contribution in [0.4, 0.5) is 4.79 Å². The highest BCUT2D eigenvalue weighted by Gasteiger charge is 2.28. The van der Waals surface area contributed by atoms with Crippen LogP contribution >= 0.6 is 0 Å². The van der Waals surface area contributed by atoms with E-state index in [2.05, 4.69) is 48.6 Å². The predicted molar refractivity (Wildman–Crippen MR) is 176 cm³/mol. The molecule has 6 heteroatoms. The van der Waals surface area contributed by atoms with Gasteiger partial charge < -0.3 is 24.3 Å². The number of amides is 1. The molecule has 6 nitrogen and oxygen atoms in total. The molecule has 43 heavy (non-hydrogen) atoms. The number of carbonyl (C=O) groups excluding carboxylic acids is 1. The van der Waals surface area contributed by atoms with E-state index in [1.807, 2.05) is 12.1 Å². The van der Waals surface area contributed by atoms with Crippen LogP contribution in [0.15, 0.2) is 48.5 Å². The molecule has 0 bridgehead atoms. The lowest BCUT2D eigenvalue weighted by atomic mass is 9.98. The summed E-state index contributed by atoms with van der Waals surface area (Å²) in [6.07, 6.45) is 18.1. The molecule has 0 aliphatic heterocycles. The van der Waals surface area contributed by atoms with Gasteiger partial charge in [-0.05, 0) is 35.1 Å². The number of carbonyl (C=O) groups is 1. The Labute approximate surface area is 261 Å². The second-order valence-corrected chi connectivity index (χ2v) is 11.7. The molecule has 0 atom stereocenters. The van der Waals surface area contributed by atoms with Crippen LogP contribution in [0.3, 0.4) is 0 Å². The van der Waals surface area contributed by atoms with E-state index in [1.165, 1.54) is 99.3 Å². The first-order valence-electron chi connectivity index (χ1n) is 17.1. The van der Waals surface area contributed by atoms with E-state index >= 15 is 0 Å². The average molecular weight is 596 g/mol. The Morgan fingerprint density at radius 3 is 1.56 bits per heavy atom. The third-order valence-electron chi connectivity index (χ3n) is 8.21. The van der Waals surface area contributed by atoms with Gasteiger partial charge in [-0.2, -0.15) is 0 Å². The number of nitrogens with one attached hydrogen (secondary N) is 1. The highest BCUT2D eigenvalue weighted by atomic mass is 16.6. The van der Waals surface area contributed by atoms with E-state index < -0.39 is 0 Å². The zero-order valence-corrected chi connectivity index (χ0v) is 26.8. The molecule has 0 heterocycles. The highest BCUT2D eigenvalue weighted by molar-refractivity contribution is 5.79. The van der Waals surface area contributed by atoms with Crippen LogP contribution in [-0.4, -0.2) is 58.9 Å². The molecular formula is C37H57NO5. The Balaban J connectivity index is 1.03. The molecule has 0 fully saturated rings. The standard InChI is InChI=1S/C37H57NO5/c1-2-3-4-5-6-7-8-9-10-11-12-13-18-25-40-27-29-42-30-28-41-26-19-24-38-37(39)43-31-36-34-22-16-14-20-32(34)33-21-15-17-23-35(33)36/h14-17,20-23,36H,2-13,18-19,24-31H2,1H3,(H,38,39). The Morgan fingerprint density at radius 2 is 1.02 bits per heavy atom. The second-order valence-electron chi connectivity index (χ2n) is 11.7. The quantitative estimate of drug-likeness (QED) is 0.110. The highest BCUT2D eigenvalue weighted by Crippen LogP contribution is 2.44. The monoisotopic (exact) mass is 595 g/mol. The van der Waals surface area contributed by atoms with Gasteiger partial charge >= 0.3 is 6.09 Å². The fourth-order valence-corrected chi connectivity index (χ4v) is 5.78. The van der Waals surface area contributed by atoms with Crippen LogP contribution in [0.2, 0.25) is 0 Å². The van der Waals surface area contributed by atoms with Crippen molar-refractivity contribution < 1.29 is 23.7 Å². The third kappa shape index (κ3) is 14.3. The van der Waals surface area contributed by atoms with E-state index in [0.29, 0.717) is 46.2 Å². The summed E-state index contributed by atoms with van der Waals surface area (Å²) >= 11 is 0. The molecule has 3 rings (SSSR count). The molecule has 0 saturated carbocycles. The Morgan fingerprint density at radius 1 is 0.581 bits per heavy atom. The lowest BCUT2D eigenvalue weighted by Crippen LogP contribution is -2.27. The molecule has 0 unspecified atom stereocenters. The summed E-state index contributed by atoms with van der Waals surface area (Å²) in [5, 5.41) is 2.83. The van der Waals surface area contributed by atoms with Gasteiger partial charge in [0.1, 0.15) is 6.61 Å². The molecule has 1 amide bonds. The van der Waals surface area contributed by atoms with Gasteiger partial charge in [-0.25, -0.2) is 4.79 Å². The normalized spacial score (nSPS) is 12.3. The molecule has 0 spiro atoms. The zero-order chi connectivity index (χ0) is 30.2. The number of rotatable bonds is 26. The average Bonchev–Trinajstić information content (AvgIpc) is 3.35. The minimum absolute atomic E-state index is 0.0751. The van der Waals surface area contributed by atoms with Crippen LogP contribution in [0.25, 0.3) is 11.1 Å². The van der Waals surface area contributed by atoms with Crippen LogP contribution in [0, 0.1) is 0 Å². The number of ether oxygens (including phenoxy) is 4. The van der Waals surface area contributed by atoms with Crippen molar-refractivity contribution in [3.05, 3.63) is 59.7 Å². The number of hydrogen-bond donors (Lipinski definition) is 1. The lowest BCUT2D eigenvalue weighted by Gasteiger charge is -2.14. The fourth-order valence-electron chi connectivity index (χ4n) is 5.78.